The molecule has 11 heavy (non-hydrogen) atoms. The summed E-state index contributed by atoms with van der Waals surface area (Å²) >= 11 is 5.67. The number of hydrogen-bond donors (Lipinski definition) is 0. The van der Waals surface area contributed by atoms with Crippen LogP contribution in [-0.4, -0.2) is 11.5 Å². The Kier molecular flexibility index (Phi) is 6.33. The highest BCUT2D eigenvalue weighted by Crippen LogP contribution is 2.10. The summed E-state index contributed by atoms with van der Waals surface area (Å²) < 4.78 is 4.72. The van der Waals surface area contributed by atoms with Crippen molar-refractivity contribution in [3.63, 3.8) is 0 Å². The largest absolute Gasteiger partial charge is 0.446 e. The van der Waals surface area contributed by atoms with Crippen LogP contribution in [0.4, 0.5) is 0 Å². The molecule has 0 aliphatic rings. The second kappa shape index (κ2) is 6.47. The van der Waals surface area contributed by atoms with Crippen molar-refractivity contribution in [2.24, 2.45) is 0 Å². The van der Waals surface area contributed by atoms with Crippen molar-refractivity contribution in [1.29, 1.82) is 0 Å². The molecule has 0 aromatic rings. The van der Waals surface area contributed by atoms with Gasteiger partial charge in [0.1, 0.15) is 0 Å². The van der Waals surface area contributed by atoms with Gasteiger partial charge in [-0.25, -0.2) is 0 Å². The number of halogens is 1. The standard InChI is InChI=1S/C8H15ClO2/c1-3-4-5-6-8(9)11-7(2)10/h8H,3-6H2,1-2H3. The van der Waals surface area contributed by atoms with E-state index >= 15 is 0 Å². The van der Waals surface area contributed by atoms with Gasteiger partial charge in [0.2, 0.25) is 0 Å². The lowest BCUT2D eigenvalue weighted by Crippen LogP contribution is -2.08. The molecule has 1 atom stereocenters. The summed E-state index contributed by atoms with van der Waals surface area (Å²) in [5.41, 5.74) is -0.431. The van der Waals surface area contributed by atoms with E-state index in [9.17, 15) is 4.79 Å². The summed E-state index contributed by atoms with van der Waals surface area (Å²) in [4.78, 5) is 10.4. The Balaban J connectivity index is 3.22. The second-order valence-corrected chi connectivity index (χ2v) is 3.00. The van der Waals surface area contributed by atoms with Gasteiger partial charge in [-0.2, -0.15) is 0 Å². The van der Waals surface area contributed by atoms with Crippen molar-refractivity contribution in [3.05, 3.63) is 0 Å². The highest BCUT2D eigenvalue weighted by atomic mass is 35.5. The minimum atomic E-state index is -0.431. The van der Waals surface area contributed by atoms with Crippen LogP contribution in [0.15, 0.2) is 0 Å². The quantitative estimate of drug-likeness (QED) is 0.368. The first-order chi connectivity index (χ1) is 5.16. The summed E-state index contributed by atoms with van der Waals surface area (Å²) in [5, 5.41) is 0. The van der Waals surface area contributed by atoms with Gasteiger partial charge in [0.05, 0.1) is 0 Å². The molecule has 0 radical (unpaired) electrons. The Morgan fingerprint density at radius 2 is 2.18 bits per heavy atom. The summed E-state index contributed by atoms with van der Waals surface area (Å²) in [5.74, 6) is -0.304. The monoisotopic (exact) mass is 178 g/mol. The molecule has 3 heteroatoms. The fourth-order valence-electron chi connectivity index (χ4n) is 0.794. The summed E-state index contributed by atoms with van der Waals surface area (Å²) in [6.45, 7) is 3.49. The van der Waals surface area contributed by atoms with Crippen LogP contribution in [-0.2, 0) is 9.53 Å². The predicted molar refractivity (Wildman–Crippen MR) is 45.5 cm³/mol. The van der Waals surface area contributed by atoms with E-state index in [1.807, 2.05) is 0 Å². The first-order valence-electron chi connectivity index (χ1n) is 3.98. The molecule has 0 aromatic heterocycles. The molecule has 0 aliphatic heterocycles. The first-order valence-corrected chi connectivity index (χ1v) is 4.41. The van der Waals surface area contributed by atoms with E-state index in [0.717, 1.165) is 25.7 Å². The average Bonchev–Trinajstić information content (AvgIpc) is 1.86. The maximum absolute atomic E-state index is 10.4. The number of ether oxygens (including phenoxy) is 1. The highest BCUT2D eigenvalue weighted by Gasteiger charge is 2.05. The molecule has 1 unspecified atom stereocenters. The van der Waals surface area contributed by atoms with Crippen LogP contribution in [0.3, 0.4) is 0 Å². The molecular formula is C8H15ClO2. The molecule has 0 saturated heterocycles. The van der Waals surface area contributed by atoms with Crippen molar-refractivity contribution in [1.82, 2.24) is 0 Å². The highest BCUT2D eigenvalue weighted by molar-refractivity contribution is 6.20. The maximum atomic E-state index is 10.4. The van der Waals surface area contributed by atoms with E-state index in [-0.39, 0.29) is 5.97 Å². The molecule has 0 spiro atoms. The minimum Gasteiger partial charge on any atom is -0.446 e. The Morgan fingerprint density at radius 3 is 2.64 bits per heavy atom. The molecule has 0 N–H and O–H groups in total. The molecule has 0 bridgehead atoms. The number of hydrogen-bond acceptors (Lipinski definition) is 2. The second-order valence-electron chi connectivity index (χ2n) is 2.52. The van der Waals surface area contributed by atoms with Gasteiger partial charge in [0.15, 0.2) is 5.56 Å². The van der Waals surface area contributed by atoms with Crippen molar-refractivity contribution in [2.75, 3.05) is 0 Å². The van der Waals surface area contributed by atoms with Crippen molar-refractivity contribution in [2.45, 2.75) is 45.1 Å². The molecule has 0 saturated carbocycles. The number of carbonyl (C=O) groups is 1. The molecule has 0 aliphatic carbocycles. The predicted octanol–water partition coefficient (Wildman–Crippen LogP) is 2.69. The minimum absolute atomic E-state index is 0.304. The third kappa shape index (κ3) is 7.66. The van der Waals surface area contributed by atoms with Crippen molar-refractivity contribution >= 4 is 17.6 Å². The molecule has 0 heterocycles. The Bertz CT molecular complexity index is 115. The van der Waals surface area contributed by atoms with E-state index in [0.29, 0.717) is 0 Å². The number of unbranched alkanes of at least 4 members (excludes halogenated alkanes) is 2. The molecule has 66 valence electrons. The maximum Gasteiger partial charge on any atom is 0.304 e. The average molecular weight is 179 g/mol. The number of carbonyl (C=O) groups excluding carboxylic acids is 1. The van der Waals surface area contributed by atoms with Crippen LogP contribution in [0, 0.1) is 0 Å². The summed E-state index contributed by atoms with van der Waals surface area (Å²) in [6.07, 6.45) is 4.08. The third-order valence-electron chi connectivity index (χ3n) is 1.33. The van der Waals surface area contributed by atoms with E-state index < -0.39 is 5.56 Å². The van der Waals surface area contributed by atoms with Gasteiger partial charge in [-0.3, -0.25) is 4.79 Å². The van der Waals surface area contributed by atoms with E-state index in [1.54, 1.807) is 0 Å². The van der Waals surface area contributed by atoms with Gasteiger partial charge < -0.3 is 4.74 Å². The number of rotatable bonds is 5. The molecule has 0 fully saturated rings. The Hall–Kier alpha value is -0.240. The van der Waals surface area contributed by atoms with Gasteiger partial charge in [-0.1, -0.05) is 31.4 Å². The normalized spacial score (nSPS) is 12.6. The molecule has 0 aromatic carbocycles. The lowest BCUT2D eigenvalue weighted by molar-refractivity contribution is -0.142. The zero-order valence-corrected chi connectivity index (χ0v) is 7.86. The van der Waals surface area contributed by atoms with Gasteiger partial charge >= 0.3 is 5.97 Å². The van der Waals surface area contributed by atoms with Crippen molar-refractivity contribution < 1.29 is 9.53 Å². The third-order valence-corrected chi connectivity index (χ3v) is 1.64. The molecule has 0 rings (SSSR count). The Morgan fingerprint density at radius 1 is 1.55 bits per heavy atom. The molecule has 2 nitrogen and oxygen atoms in total. The lowest BCUT2D eigenvalue weighted by atomic mass is 10.2. The first kappa shape index (κ1) is 10.8. The van der Waals surface area contributed by atoms with Crippen LogP contribution in [0.1, 0.15) is 39.5 Å². The van der Waals surface area contributed by atoms with E-state index in [4.69, 9.17) is 16.3 Å². The SMILES string of the molecule is CCCCCC(Cl)OC(C)=O. The molecular weight excluding hydrogens is 164 g/mol. The van der Waals surface area contributed by atoms with Crippen LogP contribution in [0.5, 0.6) is 0 Å². The van der Waals surface area contributed by atoms with Gasteiger partial charge in [0.25, 0.3) is 0 Å². The van der Waals surface area contributed by atoms with Gasteiger partial charge in [0, 0.05) is 6.92 Å². The smallest absolute Gasteiger partial charge is 0.304 e. The fourth-order valence-corrected chi connectivity index (χ4v) is 1.07. The zero-order chi connectivity index (χ0) is 8.69. The van der Waals surface area contributed by atoms with Gasteiger partial charge in [-0.15, -0.1) is 0 Å². The summed E-state index contributed by atoms with van der Waals surface area (Å²) in [6, 6.07) is 0. The van der Waals surface area contributed by atoms with Crippen LogP contribution < -0.4 is 0 Å². The number of esters is 1. The molecule has 0 amide bonds. The zero-order valence-electron chi connectivity index (χ0n) is 7.10. The number of alkyl halides is 1. The van der Waals surface area contributed by atoms with Crippen molar-refractivity contribution in [3.8, 4) is 0 Å². The lowest BCUT2D eigenvalue weighted by Gasteiger charge is -2.07. The fraction of sp³-hybridized carbons (Fsp3) is 0.875. The van der Waals surface area contributed by atoms with Crippen LogP contribution >= 0.6 is 11.6 Å². The van der Waals surface area contributed by atoms with Gasteiger partial charge in [-0.05, 0) is 12.8 Å². The summed E-state index contributed by atoms with van der Waals surface area (Å²) in [7, 11) is 0. The van der Waals surface area contributed by atoms with E-state index in [1.165, 1.54) is 6.92 Å². The van der Waals surface area contributed by atoms with E-state index in [2.05, 4.69) is 6.92 Å². The Labute approximate surface area is 72.9 Å². The van der Waals surface area contributed by atoms with Crippen LogP contribution in [0.25, 0.3) is 0 Å². The van der Waals surface area contributed by atoms with Crippen LogP contribution in [0.2, 0.25) is 0 Å². The topological polar surface area (TPSA) is 26.3 Å².